The van der Waals surface area contributed by atoms with Gasteiger partial charge in [0.2, 0.25) is 5.91 Å². The molecule has 0 radical (unpaired) electrons. The van der Waals surface area contributed by atoms with Gasteiger partial charge in [-0.1, -0.05) is 30.3 Å². The standard InChI is InChI=1S/C33H35N5O2/c1-21(2)37-14-16-38(17-15-37)24-8-4-22(5-9-24)6-12-29-26-11-7-23(18-31(26)36-35-29)28-20-33(28)27-19-25(40-3)10-13-30(27)34-32(33)39/h4-13,18-19,21,28H,14-17,20H2,1-3H3,(H,34,39)(H,35,36)/b12-6+. The number of hydrogen-bond donors (Lipinski definition) is 2. The van der Waals surface area contributed by atoms with Crippen molar-refractivity contribution in [1.82, 2.24) is 15.1 Å². The first-order valence-corrected chi connectivity index (χ1v) is 14.2. The lowest BCUT2D eigenvalue weighted by Crippen LogP contribution is -2.48. The maximum atomic E-state index is 13.0. The van der Waals surface area contributed by atoms with Crippen molar-refractivity contribution in [2.45, 2.75) is 37.6 Å². The molecule has 2 aliphatic heterocycles. The molecule has 1 saturated carbocycles. The number of methoxy groups -OCH3 is 1. The molecule has 2 atom stereocenters. The van der Waals surface area contributed by atoms with Gasteiger partial charge in [0, 0.05) is 54.9 Å². The number of rotatable bonds is 6. The SMILES string of the molecule is COc1ccc2c(c1)C1(CC1c1ccc3c(/C=C/c4ccc(N5CCN(C(C)C)CC5)cc4)n[nH]c3c1)C(=O)N2. The van der Waals surface area contributed by atoms with Crippen molar-refractivity contribution in [1.29, 1.82) is 0 Å². The number of piperazine rings is 1. The molecular weight excluding hydrogens is 498 g/mol. The Kier molecular flexibility index (Phi) is 5.93. The number of H-pyrrole nitrogens is 1. The molecule has 7 nitrogen and oxygen atoms in total. The number of nitrogens with zero attached hydrogens (tertiary/aromatic N) is 3. The Morgan fingerprint density at radius 2 is 1.80 bits per heavy atom. The highest BCUT2D eigenvalue weighted by Gasteiger charge is 2.65. The summed E-state index contributed by atoms with van der Waals surface area (Å²) in [6.07, 6.45) is 4.99. The summed E-state index contributed by atoms with van der Waals surface area (Å²) in [5.41, 5.74) is 6.92. The number of aromatic amines is 1. The average molecular weight is 534 g/mol. The van der Waals surface area contributed by atoms with Gasteiger partial charge in [0.05, 0.1) is 23.7 Å². The van der Waals surface area contributed by atoms with Crippen LogP contribution in [0.3, 0.4) is 0 Å². The Hall–Kier alpha value is -4.10. The topological polar surface area (TPSA) is 73.5 Å². The molecule has 3 aromatic carbocycles. The molecule has 3 aliphatic rings. The van der Waals surface area contributed by atoms with E-state index in [2.05, 4.69) is 93.8 Å². The molecule has 7 heteroatoms. The highest BCUT2D eigenvalue weighted by atomic mass is 16.5. The van der Waals surface area contributed by atoms with Gasteiger partial charge in [-0.25, -0.2) is 0 Å². The summed E-state index contributed by atoms with van der Waals surface area (Å²) in [4.78, 5) is 18.1. The van der Waals surface area contributed by atoms with Gasteiger partial charge in [0.1, 0.15) is 5.75 Å². The van der Waals surface area contributed by atoms with E-state index in [1.165, 1.54) is 5.69 Å². The van der Waals surface area contributed by atoms with Gasteiger partial charge in [0.25, 0.3) is 0 Å². The van der Waals surface area contributed by atoms with Gasteiger partial charge < -0.3 is 15.0 Å². The molecule has 2 fully saturated rings. The number of aromatic nitrogens is 2. The Labute approximate surface area is 234 Å². The van der Waals surface area contributed by atoms with E-state index < -0.39 is 5.41 Å². The van der Waals surface area contributed by atoms with Gasteiger partial charge in [-0.3, -0.25) is 14.8 Å². The quantitative estimate of drug-likeness (QED) is 0.335. The monoisotopic (exact) mass is 533 g/mol. The largest absolute Gasteiger partial charge is 0.497 e. The lowest BCUT2D eigenvalue weighted by Gasteiger charge is -2.38. The van der Waals surface area contributed by atoms with Crippen molar-refractivity contribution in [2.75, 3.05) is 43.5 Å². The highest BCUT2D eigenvalue weighted by molar-refractivity contribution is 6.10. The zero-order chi connectivity index (χ0) is 27.4. The molecule has 1 aromatic heterocycles. The minimum atomic E-state index is -0.505. The Balaban J connectivity index is 1.06. The third-order valence-electron chi connectivity index (χ3n) is 9.08. The van der Waals surface area contributed by atoms with E-state index in [1.54, 1.807) is 7.11 Å². The first-order valence-electron chi connectivity index (χ1n) is 14.2. The van der Waals surface area contributed by atoms with E-state index in [0.717, 1.165) is 77.3 Å². The lowest BCUT2D eigenvalue weighted by atomic mass is 9.91. The van der Waals surface area contributed by atoms with Gasteiger partial charge in [0.15, 0.2) is 0 Å². The predicted molar refractivity (Wildman–Crippen MR) is 161 cm³/mol. The molecule has 7 rings (SSSR count). The Morgan fingerprint density at radius 3 is 2.55 bits per heavy atom. The summed E-state index contributed by atoms with van der Waals surface area (Å²) >= 11 is 0. The second-order valence-electron chi connectivity index (χ2n) is 11.5. The van der Waals surface area contributed by atoms with Crippen LogP contribution in [0.15, 0.2) is 60.7 Å². The number of anilines is 2. The number of carbonyl (C=O) groups excluding carboxylic acids is 1. The zero-order valence-corrected chi connectivity index (χ0v) is 23.3. The number of ether oxygens (including phenoxy) is 1. The number of carbonyl (C=O) groups is 1. The third-order valence-corrected chi connectivity index (χ3v) is 9.08. The predicted octanol–water partition coefficient (Wildman–Crippen LogP) is 5.65. The molecule has 0 bridgehead atoms. The molecule has 40 heavy (non-hydrogen) atoms. The number of amides is 1. The maximum absolute atomic E-state index is 13.0. The first kappa shape index (κ1) is 24.9. The molecular formula is C33H35N5O2. The molecule has 2 N–H and O–H groups in total. The van der Waals surface area contributed by atoms with Crippen molar-refractivity contribution in [2.24, 2.45) is 0 Å². The van der Waals surface area contributed by atoms with Gasteiger partial charge >= 0.3 is 0 Å². The van der Waals surface area contributed by atoms with Crippen LogP contribution in [-0.4, -0.2) is 60.3 Å². The van der Waals surface area contributed by atoms with Crippen LogP contribution in [0, 0.1) is 0 Å². The van der Waals surface area contributed by atoms with Crippen LogP contribution in [0.4, 0.5) is 11.4 Å². The number of hydrogen-bond acceptors (Lipinski definition) is 5. The number of benzene rings is 3. The van der Waals surface area contributed by atoms with Crippen LogP contribution in [0.25, 0.3) is 23.1 Å². The second kappa shape index (κ2) is 9.52. The Morgan fingerprint density at radius 1 is 1.00 bits per heavy atom. The molecule has 1 aliphatic carbocycles. The van der Waals surface area contributed by atoms with Crippen LogP contribution >= 0.6 is 0 Å². The fourth-order valence-corrected chi connectivity index (χ4v) is 6.57. The second-order valence-corrected chi connectivity index (χ2v) is 11.5. The minimum Gasteiger partial charge on any atom is -0.497 e. The molecule has 204 valence electrons. The van der Waals surface area contributed by atoms with Crippen LogP contribution in [0.2, 0.25) is 0 Å². The van der Waals surface area contributed by atoms with E-state index in [9.17, 15) is 4.79 Å². The summed E-state index contributed by atoms with van der Waals surface area (Å²) in [6, 6.07) is 21.7. The molecule has 4 aromatic rings. The van der Waals surface area contributed by atoms with Crippen LogP contribution in [0.1, 0.15) is 48.6 Å². The van der Waals surface area contributed by atoms with Crippen molar-refractivity contribution < 1.29 is 9.53 Å². The van der Waals surface area contributed by atoms with Crippen LogP contribution < -0.4 is 15.0 Å². The summed E-state index contributed by atoms with van der Waals surface area (Å²) < 4.78 is 5.43. The fraction of sp³-hybridized carbons (Fsp3) is 0.333. The van der Waals surface area contributed by atoms with Gasteiger partial charge in [-0.2, -0.15) is 5.10 Å². The normalized spacial score (nSPS) is 22.4. The maximum Gasteiger partial charge on any atom is 0.235 e. The molecule has 1 saturated heterocycles. The molecule has 2 unspecified atom stereocenters. The highest BCUT2D eigenvalue weighted by Crippen LogP contribution is 2.65. The van der Waals surface area contributed by atoms with Crippen LogP contribution in [-0.2, 0) is 10.2 Å². The third kappa shape index (κ3) is 4.07. The minimum absolute atomic E-state index is 0.0814. The number of fused-ring (bicyclic) bond motifs is 3. The fourth-order valence-electron chi connectivity index (χ4n) is 6.57. The summed E-state index contributed by atoms with van der Waals surface area (Å²) in [5.74, 6) is 0.997. The molecule has 1 spiro atoms. The van der Waals surface area contributed by atoms with E-state index in [1.807, 2.05) is 18.2 Å². The zero-order valence-electron chi connectivity index (χ0n) is 23.3. The van der Waals surface area contributed by atoms with Crippen molar-refractivity contribution in [3.05, 3.63) is 83.0 Å². The van der Waals surface area contributed by atoms with Crippen molar-refractivity contribution in [3.63, 3.8) is 0 Å². The summed E-state index contributed by atoms with van der Waals surface area (Å²) in [5, 5.41) is 11.9. The smallest absolute Gasteiger partial charge is 0.235 e. The van der Waals surface area contributed by atoms with E-state index >= 15 is 0 Å². The Bertz CT molecular complexity index is 1610. The summed E-state index contributed by atoms with van der Waals surface area (Å²) in [7, 11) is 1.66. The summed E-state index contributed by atoms with van der Waals surface area (Å²) in [6.45, 7) is 8.92. The van der Waals surface area contributed by atoms with E-state index in [-0.39, 0.29) is 11.8 Å². The number of nitrogens with one attached hydrogen (secondary N) is 2. The first-order chi connectivity index (χ1) is 19.5. The molecule has 1 amide bonds. The lowest BCUT2D eigenvalue weighted by molar-refractivity contribution is -0.118. The van der Waals surface area contributed by atoms with Crippen molar-refractivity contribution >= 4 is 40.3 Å². The van der Waals surface area contributed by atoms with Gasteiger partial charge in [-0.15, -0.1) is 0 Å². The average Bonchev–Trinajstić information content (AvgIpc) is 3.53. The van der Waals surface area contributed by atoms with E-state index in [4.69, 9.17) is 4.74 Å². The van der Waals surface area contributed by atoms with Crippen molar-refractivity contribution in [3.8, 4) is 5.75 Å². The van der Waals surface area contributed by atoms with E-state index in [0.29, 0.717) is 6.04 Å². The van der Waals surface area contributed by atoms with Crippen LogP contribution in [0.5, 0.6) is 5.75 Å². The molecule has 3 heterocycles. The van der Waals surface area contributed by atoms with Gasteiger partial charge in [-0.05, 0) is 79.4 Å².